The minimum atomic E-state index is -0.535. The molecule has 6 nitrogen and oxygen atoms in total. The van der Waals surface area contributed by atoms with Gasteiger partial charge in [0.2, 0.25) is 0 Å². The van der Waals surface area contributed by atoms with E-state index in [4.69, 9.17) is 0 Å². The molecule has 1 amide bonds. The minimum Gasteiger partial charge on any atom is -0.508 e. The van der Waals surface area contributed by atoms with Crippen LogP contribution in [0.25, 0.3) is 0 Å². The summed E-state index contributed by atoms with van der Waals surface area (Å²) in [5, 5.41) is 22.6. The molecule has 21 heavy (non-hydrogen) atoms. The van der Waals surface area contributed by atoms with E-state index in [2.05, 4.69) is 5.32 Å². The highest BCUT2D eigenvalue weighted by atomic mass is 127. The summed E-state index contributed by atoms with van der Waals surface area (Å²) in [7, 11) is 0. The number of nitrogens with zero attached hydrogens (tertiary/aromatic N) is 1. The van der Waals surface area contributed by atoms with E-state index in [0.717, 1.165) is 5.56 Å². The summed E-state index contributed by atoms with van der Waals surface area (Å²) in [6, 6.07) is 10.6. The lowest BCUT2D eigenvalue weighted by molar-refractivity contribution is -0.384. The summed E-state index contributed by atoms with van der Waals surface area (Å²) in [5.74, 6) is -0.227. The largest absolute Gasteiger partial charge is 0.508 e. The van der Waals surface area contributed by atoms with E-state index in [9.17, 15) is 20.0 Å². The van der Waals surface area contributed by atoms with Crippen LogP contribution in [0.4, 0.5) is 5.69 Å². The molecule has 2 aromatic carbocycles. The number of aromatic hydroxyl groups is 1. The van der Waals surface area contributed by atoms with E-state index in [-0.39, 0.29) is 29.5 Å². The number of halogens is 1. The zero-order valence-corrected chi connectivity index (χ0v) is 12.9. The Morgan fingerprint density at radius 1 is 1.24 bits per heavy atom. The van der Waals surface area contributed by atoms with E-state index in [0.29, 0.717) is 3.57 Å². The molecule has 0 aliphatic carbocycles. The Bertz CT molecular complexity index is 686. The predicted molar refractivity (Wildman–Crippen MR) is 85.1 cm³/mol. The number of nitrogens with one attached hydrogen (secondary N) is 1. The predicted octanol–water partition coefficient (Wildman–Crippen LogP) is 2.84. The van der Waals surface area contributed by atoms with Crippen molar-refractivity contribution in [1.29, 1.82) is 0 Å². The number of phenolic OH excluding ortho intramolecular Hbond substituents is 1. The molecule has 0 saturated heterocycles. The quantitative estimate of drug-likeness (QED) is 0.471. The van der Waals surface area contributed by atoms with Gasteiger partial charge >= 0.3 is 0 Å². The molecule has 0 atom stereocenters. The Kier molecular flexibility index (Phi) is 4.73. The van der Waals surface area contributed by atoms with Crippen molar-refractivity contribution in [3.05, 3.63) is 67.3 Å². The fourth-order valence-corrected chi connectivity index (χ4v) is 2.27. The van der Waals surface area contributed by atoms with Crippen LogP contribution in [0.3, 0.4) is 0 Å². The fourth-order valence-electron chi connectivity index (χ4n) is 1.69. The molecule has 7 heteroatoms. The number of amides is 1. The molecule has 0 spiro atoms. The van der Waals surface area contributed by atoms with Crippen molar-refractivity contribution in [3.8, 4) is 5.75 Å². The molecule has 108 valence electrons. The van der Waals surface area contributed by atoms with Crippen LogP contribution >= 0.6 is 22.6 Å². The van der Waals surface area contributed by atoms with Gasteiger partial charge in [-0.15, -0.1) is 0 Å². The lowest BCUT2D eigenvalue weighted by Crippen LogP contribution is -2.23. The number of carbonyl (C=O) groups excluding carboxylic acids is 1. The number of benzene rings is 2. The highest BCUT2D eigenvalue weighted by Crippen LogP contribution is 2.19. The Morgan fingerprint density at radius 3 is 2.52 bits per heavy atom. The number of nitro groups is 1. The standard InChI is InChI=1S/C14H11IN2O4/c15-13-6-3-10(17(20)21)7-12(13)14(19)16-8-9-1-4-11(18)5-2-9/h1-7,18H,8H2,(H,16,19). The number of non-ortho nitro benzene ring substituents is 1. The van der Waals surface area contributed by atoms with Crippen LogP contribution in [0.1, 0.15) is 15.9 Å². The summed E-state index contributed by atoms with van der Waals surface area (Å²) in [6.07, 6.45) is 0. The maximum atomic E-state index is 12.1. The molecule has 0 fully saturated rings. The third kappa shape index (κ3) is 3.91. The first-order chi connectivity index (χ1) is 9.97. The molecule has 2 aromatic rings. The number of phenols is 1. The summed E-state index contributed by atoms with van der Waals surface area (Å²) < 4.78 is 0.640. The van der Waals surface area contributed by atoms with Gasteiger partial charge in [-0.25, -0.2) is 0 Å². The van der Waals surface area contributed by atoms with Crippen LogP contribution in [0.5, 0.6) is 5.75 Å². The molecule has 0 aliphatic rings. The van der Waals surface area contributed by atoms with Gasteiger partial charge in [-0.05, 0) is 46.4 Å². The molecule has 0 saturated carbocycles. The van der Waals surface area contributed by atoms with Crippen molar-refractivity contribution in [2.24, 2.45) is 0 Å². The Balaban J connectivity index is 2.11. The van der Waals surface area contributed by atoms with Gasteiger partial charge in [-0.1, -0.05) is 12.1 Å². The average molecular weight is 398 g/mol. The van der Waals surface area contributed by atoms with Crippen LogP contribution < -0.4 is 5.32 Å². The van der Waals surface area contributed by atoms with Crippen LogP contribution in [-0.2, 0) is 6.54 Å². The van der Waals surface area contributed by atoms with Crippen molar-refractivity contribution in [1.82, 2.24) is 5.32 Å². The van der Waals surface area contributed by atoms with E-state index in [1.165, 1.54) is 30.3 Å². The second-order valence-corrected chi connectivity index (χ2v) is 5.43. The van der Waals surface area contributed by atoms with E-state index in [1.807, 2.05) is 22.6 Å². The van der Waals surface area contributed by atoms with Crippen molar-refractivity contribution in [3.63, 3.8) is 0 Å². The maximum Gasteiger partial charge on any atom is 0.270 e. The zero-order valence-electron chi connectivity index (χ0n) is 10.7. The van der Waals surface area contributed by atoms with E-state index >= 15 is 0 Å². The normalized spacial score (nSPS) is 10.1. The van der Waals surface area contributed by atoms with Gasteiger partial charge < -0.3 is 10.4 Å². The van der Waals surface area contributed by atoms with Gasteiger partial charge in [0.25, 0.3) is 11.6 Å². The number of hydrogen-bond donors (Lipinski definition) is 2. The van der Waals surface area contributed by atoms with Gasteiger partial charge in [0.15, 0.2) is 0 Å². The molecule has 2 N–H and O–H groups in total. The topological polar surface area (TPSA) is 92.5 Å². The van der Waals surface area contributed by atoms with Crippen molar-refractivity contribution >= 4 is 34.2 Å². The van der Waals surface area contributed by atoms with Gasteiger partial charge in [-0.2, -0.15) is 0 Å². The van der Waals surface area contributed by atoms with Gasteiger partial charge in [0.05, 0.1) is 10.5 Å². The smallest absolute Gasteiger partial charge is 0.270 e. The molecule has 2 rings (SSSR count). The molecular weight excluding hydrogens is 387 g/mol. The average Bonchev–Trinajstić information content (AvgIpc) is 2.46. The van der Waals surface area contributed by atoms with Crippen molar-refractivity contribution < 1.29 is 14.8 Å². The summed E-state index contributed by atoms with van der Waals surface area (Å²) >= 11 is 1.96. The SMILES string of the molecule is O=C(NCc1ccc(O)cc1)c1cc([N+](=O)[O-])ccc1I. The van der Waals surface area contributed by atoms with E-state index < -0.39 is 4.92 Å². The minimum absolute atomic E-state index is 0.120. The van der Waals surface area contributed by atoms with Crippen LogP contribution in [-0.4, -0.2) is 15.9 Å². The zero-order chi connectivity index (χ0) is 15.4. The highest BCUT2D eigenvalue weighted by Gasteiger charge is 2.15. The number of hydrogen-bond acceptors (Lipinski definition) is 4. The number of rotatable bonds is 4. The molecule has 0 heterocycles. The highest BCUT2D eigenvalue weighted by molar-refractivity contribution is 14.1. The van der Waals surface area contributed by atoms with Gasteiger partial charge in [0.1, 0.15) is 5.75 Å². The monoisotopic (exact) mass is 398 g/mol. The Hall–Kier alpha value is -2.16. The fraction of sp³-hybridized carbons (Fsp3) is 0.0714. The molecule has 0 bridgehead atoms. The first-order valence-corrected chi connectivity index (χ1v) is 7.05. The lowest BCUT2D eigenvalue weighted by Gasteiger charge is -2.07. The molecule has 0 radical (unpaired) electrons. The first kappa shape index (κ1) is 15.2. The second-order valence-electron chi connectivity index (χ2n) is 4.27. The van der Waals surface area contributed by atoms with Crippen LogP contribution in [0, 0.1) is 13.7 Å². The lowest BCUT2D eigenvalue weighted by atomic mass is 10.1. The molecular formula is C14H11IN2O4. The second kappa shape index (κ2) is 6.53. The summed E-state index contributed by atoms with van der Waals surface area (Å²) in [6.45, 7) is 0.276. The number of carbonyl (C=O) groups is 1. The number of nitro benzene ring substituents is 1. The third-order valence-corrected chi connectivity index (χ3v) is 3.74. The Morgan fingerprint density at radius 2 is 1.90 bits per heavy atom. The van der Waals surface area contributed by atoms with Crippen LogP contribution in [0.2, 0.25) is 0 Å². The van der Waals surface area contributed by atoms with Crippen molar-refractivity contribution in [2.75, 3.05) is 0 Å². The third-order valence-electron chi connectivity index (χ3n) is 2.79. The first-order valence-electron chi connectivity index (χ1n) is 5.97. The molecule has 0 aliphatic heterocycles. The van der Waals surface area contributed by atoms with Crippen LogP contribution in [0.15, 0.2) is 42.5 Å². The summed E-state index contributed by atoms with van der Waals surface area (Å²) in [4.78, 5) is 22.3. The molecule has 0 aromatic heterocycles. The van der Waals surface area contributed by atoms with Gasteiger partial charge in [0, 0.05) is 22.2 Å². The Labute approximate surface area is 134 Å². The van der Waals surface area contributed by atoms with E-state index in [1.54, 1.807) is 12.1 Å². The maximum absolute atomic E-state index is 12.1. The van der Waals surface area contributed by atoms with Crippen molar-refractivity contribution in [2.45, 2.75) is 6.54 Å². The summed E-state index contributed by atoms with van der Waals surface area (Å²) in [5.41, 5.74) is 0.968. The molecule has 0 unspecified atom stereocenters. The van der Waals surface area contributed by atoms with Gasteiger partial charge in [-0.3, -0.25) is 14.9 Å².